The number of hydrogen-bond acceptors (Lipinski definition) is 4. The Hall–Kier alpha value is -1.69. The molecule has 0 unspecified atom stereocenters. The molecule has 6 heteroatoms. The summed E-state index contributed by atoms with van der Waals surface area (Å²) in [6, 6.07) is 0.168. The summed E-state index contributed by atoms with van der Waals surface area (Å²) in [6.45, 7) is 6.97. The topological polar surface area (TPSA) is 51.0 Å². The highest BCUT2D eigenvalue weighted by Crippen LogP contribution is 2.33. The molecule has 24 heavy (non-hydrogen) atoms. The normalized spacial score (nSPS) is 18.2. The molecule has 3 heterocycles. The van der Waals surface area contributed by atoms with Crippen molar-refractivity contribution in [1.82, 2.24) is 19.7 Å². The molecule has 0 N–H and O–H groups in total. The van der Waals surface area contributed by atoms with Gasteiger partial charge in [0.2, 0.25) is 5.91 Å². The Kier molecular flexibility index (Phi) is 5.04. The van der Waals surface area contributed by atoms with Gasteiger partial charge in [0.15, 0.2) is 0 Å². The molecule has 1 saturated heterocycles. The van der Waals surface area contributed by atoms with Crippen molar-refractivity contribution in [1.29, 1.82) is 0 Å². The number of hydrogen-bond donors (Lipinski definition) is 0. The predicted molar refractivity (Wildman–Crippen MR) is 96.2 cm³/mol. The summed E-state index contributed by atoms with van der Waals surface area (Å²) >= 11 is 1.68. The summed E-state index contributed by atoms with van der Waals surface area (Å²) in [5.41, 5.74) is 4.46. The van der Waals surface area contributed by atoms with Gasteiger partial charge < -0.3 is 4.90 Å². The van der Waals surface area contributed by atoms with E-state index in [1.54, 1.807) is 11.3 Å². The summed E-state index contributed by atoms with van der Waals surface area (Å²) < 4.78 is 1.90. The van der Waals surface area contributed by atoms with Crippen LogP contribution in [0.1, 0.15) is 59.4 Å². The fraction of sp³-hybridized carbons (Fsp3) is 0.611. The van der Waals surface area contributed by atoms with Crippen LogP contribution in [0.2, 0.25) is 0 Å². The number of piperidine rings is 1. The van der Waals surface area contributed by atoms with Crippen LogP contribution in [-0.2, 0) is 18.3 Å². The number of likely N-dealkylation sites (tertiary alicyclic amines) is 1. The minimum Gasteiger partial charge on any atom is -0.333 e. The lowest BCUT2D eigenvalue weighted by Gasteiger charge is -2.34. The number of carbonyl (C=O) groups is 1. The molecule has 1 atom stereocenters. The molecule has 0 aliphatic carbocycles. The first-order valence-corrected chi connectivity index (χ1v) is 9.56. The maximum absolute atomic E-state index is 12.9. The van der Waals surface area contributed by atoms with Gasteiger partial charge in [-0.1, -0.05) is 0 Å². The lowest BCUT2D eigenvalue weighted by Crippen LogP contribution is -2.38. The van der Waals surface area contributed by atoms with Crippen molar-refractivity contribution in [2.75, 3.05) is 6.54 Å². The van der Waals surface area contributed by atoms with E-state index in [-0.39, 0.29) is 11.9 Å². The van der Waals surface area contributed by atoms with E-state index in [9.17, 15) is 4.79 Å². The number of aryl methyl sites for hydroxylation is 3. The number of aromatic nitrogens is 3. The van der Waals surface area contributed by atoms with E-state index in [2.05, 4.69) is 27.3 Å². The third-order valence-corrected chi connectivity index (χ3v) is 6.06. The quantitative estimate of drug-likeness (QED) is 0.851. The molecule has 130 valence electrons. The van der Waals surface area contributed by atoms with Crippen molar-refractivity contribution >= 4 is 17.2 Å². The zero-order valence-corrected chi connectivity index (χ0v) is 15.8. The van der Waals surface area contributed by atoms with Crippen LogP contribution in [0.5, 0.6) is 0 Å². The number of rotatable bonds is 4. The van der Waals surface area contributed by atoms with E-state index in [0.29, 0.717) is 6.42 Å². The summed E-state index contributed by atoms with van der Waals surface area (Å²) in [4.78, 5) is 19.6. The van der Waals surface area contributed by atoms with Crippen molar-refractivity contribution in [3.63, 3.8) is 0 Å². The maximum Gasteiger partial charge on any atom is 0.223 e. The monoisotopic (exact) mass is 346 g/mol. The average molecular weight is 347 g/mol. The Morgan fingerprint density at radius 2 is 2.12 bits per heavy atom. The first kappa shape index (κ1) is 17.1. The smallest absolute Gasteiger partial charge is 0.223 e. The van der Waals surface area contributed by atoms with Gasteiger partial charge in [-0.25, -0.2) is 4.98 Å². The van der Waals surface area contributed by atoms with Crippen LogP contribution in [0.3, 0.4) is 0 Å². The average Bonchev–Trinajstić information content (AvgIpc) is 3.10. The number of nitrogens with zero attached hydrogens (tertiary/aromatic N) is 4. The predicted octanol–water partition coefficient (Wildman–Crippen LogP) is 3.49. The highest BCUT2D eigenvalue weighted by atomic mass is 32.1. The Bertz CT molecular complexity index is 733. The summed E-state index contributed by atoms with van der Waals surface area (Å²) in [7, 11) is 1.96. The number of carbonyl (C=O) groups excluding carboxylic acids is 1. The zero-order valence-electron chi connectivity index (χ0n) is 15.0. The van der Waals surface area contributed by atoms with Crippen LogP contribution in [0.4, 0.5) is 0 Å². The van der Waals surface area contributed by atoms with E-state index in [1.807, 2.05) is 25.6 Å². The molecule has 1 amide bonds. The van der Waals surface area contributed by atoms with Crippen LogP contribution in [0.15, 0.2) is 5.38 Å². The first-order chi connectivity index (χ1) is 11.5. The van der Waals surface area contributed by atoms with E-state index in [0.717, 1.165) is 47.9 Å². The Labute approximate surface area is 147 Å². The molecule has 2 aromatic rings. The molecule has 0 saturated carbocycles. The van der Waals surface area contributed by atoms with Gasteiger partial charge in [0.1, 0.15) is 5.01 Å². The van der Waals surface area contributed by atoms with Crippen molar-refractivity contribution in [2.24, 2.45) is 7.05 Å². The lowest BCUT2D eigenvalue weighted by atomic mass is 10.0. The molecule has 0 aromatic carbocycles. The Balaban J connectivity index is 1.70. The van der Waals surface area contributed by atoms with Gasteiger partial charge in [-0.2, -0.15) is 5.10 Å². The van der Waals surface area contributed by atoms with Gasteiger partial charge in [-0.15, -0.1) is 11.3 Å². The third-order valence-electron chi connectivity index (χ3n) is 4.99. The van der Waals surface area contributed by atoms with E-state index >= 15 is 0 Å². The Morgan fingerprint density at radius 1 is 1.33 bits per heavy atom. The van der Waals surface area contributed by atoms with Crippen molar-refractivity contribution < 1.29 is 4.79 Å². The molecule has 1 aliphatic heterocycles. The molecular formula is C18H26N4OS. The molecule has 2 aromatic heterocycles. The van der Waals surface area contributed by atoms with Crippen molar-refractivity contribution in [3.8, 4) is 0 Å². The van der Waals surface area contributed by atoms with Crippen molar-refractivity contribution in [3.05, 3.63) is 33.0 Å². The van der Waals surface area contributed by atoms with E-state index in [1.165, 1.54) is 12.0 Å². The molecule has 0 bridgehead atoms. The van der Waals surface area contributed by atoms with Gasteiger partial charge >= 0.3 is 0 Å². The SMILES string of the molecule is Cc1csc([C@H]2CCCCN2C(=O)CCc2c(C)nn(C)c2C)n1. The zero-order chi connectivity index (χ0) is 17.3. The van der Waals surface area contributed by atoms with Gasteiger partial charge in [-0.05, 0) is 52.0 Å². The van der Waals surface area contributed by atoms with Gasteiger partial charge in [-0.3, -0.25) is 9.48 Å². The van der Waals surface area contributed by atoms with Crippen LogP contribution in [0, 0.1) is 20.8 Å². The van der Waals surface area contributed by atoms with Crippen LogP contribution in [-0.4, -0.2) is 32.1 Å². The largest absolute Gasteiger partial charge is 0.333 e. The molecule has 1 fully saturated rings. The standard InChI is InChI=1S/C18H26N4OS/c1-12-11-24-18(19-12)16-7-5-6-10-22(16)17(23)9-8-15-13(2)20-21(4)14(15)3/h11,16H,5-10H2,1-4H3/t16-/m1/s1. The summed E-state index contributed by atoms with van der Waals surface area (Å²) in [5, 5.41) is 7.62. The first-order valence-electron chi connectivity index (χ1n) is 8.68. The third kappa shape index (κ3) is 3.38. The summed E-state index contributed by atoms with van der Waals surface area (Å²) in [6.07, 6.45) is 4.62. The minimum absolute atomic E-state index is 0.168. The van der Waals surface area contributed by atoms with Gasteiger partial charge in [0, 0.05) is 36.8 Å². The molecule has 0 radical (unpaired) electrons. The van der Waals surface area contributed by atoms with E-state index in [4.69, 9.17) is 0 Å². The highest BCUT2D eigenvalue weighted by Gasteiger charge is 2.29. The molecule has 1 aliphatic rings. The van der Waals surface area contributed by atoms with E-state index < -0.39 is 0 Å². The minimum atomic E-state index is 0.168. The van der Waals surface area contributed by atoms with Crippen LogP contribution >= 0.6 is 11.3 Å². The van der Waals surface area contributed by atoms with Crippen LogP contribution in [0.25, 0.3) is 0 Å². The number of amides is 1. The molecule has 5 nitrogen and oxygen atoms in total. The van der Waals surface area contributed by atoms with Gasteiger partial charge in [0.25, 0.3) is 0 Å². The molecule has 0 spiro atoms. The van der Waals surface area contributed by atoms with Crippen molar-refractivity contribution in [2.45, 2.75) is 58.9 Å². The molecular weight excluding hydrogens is 320 g/mol. The lowest BCUT2D eigenvalue weighted by molar-refractivity contribution is -0.135. The second-order valence-corrected chi connectivity index (χ2v) is 7.59. The highest BCUT2D eigenvalue weighted by molar-refractivity contribution is 7.09. The Morgan fingerprint density at radius 3 is 2.75 bits per heavy atom. The fourth-order valence-corrected chi connectivity index (χ4v) is 4.51. The second-order valence-electron chi connectivity index (χ2n) is 6.70. The number of thiazole rings is 1. The van der Waals surface area contributed by atoms with Gasteiger partial charge in [0.05, 0.1) is 11.7 Å². The molecule has 3 rings (SSSR count). The maximum atomic E-state index is 12.9. The van der Waals surface area contributed by atoms with Crippen LogP contribution < -0.4 is 0 Å². The fourth-order valence-electron chi connectivity index (χ4n) is 3.57. The second kappa shape index (κ2) is 7.05. The summed E-state index contributed by atoms with van der Waals surface area (Å²) in [5.74, 6) is 0.246.